The Hall–Kier alpha value is -1.50. The van der Waals surface area contributed by atoms with Crippen LogP contribution in [0.1, 0.15) is 5.69 Å². The number of sulfonamides is 1. The number of aromatic nitrogens is 1. The van der Waals surface area contributed by atoms with Crippen molar-refractivity contribution in [2.24, 2.45) is 0 Å². The van der Waals surface area contributed by atoms with E-state index in [1.807, 2.05) is 30.3 Å². The van der Waals surface area contributed by atoms with Crippen molar-refractivity contribution in [3.63, 3.8) is 0 Å². The lowest BCUT2D eigenvalue weighted by Crippen LogP contribution is -2.27. The minimum atomic E-state index is -3.48. The fourth-order valence-corrected chi connectivity index (χ4v) is 2.52. The number of pyridine rings is 1. The maximum absolute atomic E-state index is 11.8. The summed E-state index contributed by atoms with van der Waals surface area (Å²) in [6.45, 7) is 0. The minimum absolute atomic E-state index is 0.178. The van der Waals surface area contributed by atoms with Gasteiger partial charge in [-0.2, -0.15) is 0 Å². The highest BCUT2D eigenvalue weighted by atomic mass is 32.2. The Morgan fingerprint density at radius 3 is 2.67 bits per heavy atom. The molecule has 0 amide bonds. The van der Waals surface area contributed by atoms with Crippen molar-refractivity contribution >= 4 is 20.9 Å². The summed E-state index contributed by atoms with van der Waals surface area (Å²) in [5.41, 5.74) is 1.28. The van der Waals surface area contributed by atoms with E-state index in [1.165, 1.54) is 14.2 Å². The van der Waals surface area contributed by atoms with Crippen molar-refractivity contribution in [3.05, 3.63) is 42.1 Å². The van der Waals surface area contributed by atoms with Crippen molar-refractivity contribution in [3.8, 4) is 0 Å². The quantitative estimate of drug-likeness (QED) is 0.788. The average Bonchev–Trinajstić information content (AvgIpc) is 2.37. The summed E-state index contributed by atoms with van der Waals surface area (Å²) in [4.78, 5) is 9.01. The van der Waals surface area contributed by atoms with E-state index in [4.69, 9.17) is 4.84 Å². The number of hydrogen-bond donors (Lipinski definition) is 0. The smallest absolute Gasteiger partial charge is 0.241 e. The van der Waals surface area contributed by atoms with Gasteiger partial charge in [-0.05, 0) is 12.1 Å². The van der Waals surface area contributed by atoms with Crippen LogP contribution >= 0.6 is 0 Å². The highest BCUT2D eigenvalue weighted by molar-refractivity contribution is 7.88. The summed E-state index contributed by atoms with van der Waals surface area (Å²) in [5, 5.41) is 0.985. The summed E-state index contributed by atoms with van der Waals surface area (Å²) in [6, 6.07) is 11.1. The van der Waals surface area contributed by atoms with E-state index < -0.39 is 10.0 Å². The molecule has 2 aromatic rings. The lowest BCUT2D eigenvalue weighted by molar-refractivity contribution is -0.0260. The number of benzene rings is 1. The first-order valence-electron chi connectivity index (χ1n) is 5.38. The van der Waals surface area contributed by atoms with Gasteiger partial charge < -0.3 is 0 Å². The molecule has 0 fully saturated rings. The van der Waals surface area contributed by atoms with E-state index in [0.717, 1.165) is 15.4 Å². The van der Waals surface area contributed by atoms with Crippen molar-refractivity contribution in [1.29, 1.82) is 0 Å². The highest BCUT2D eigenvalue weighted by Crippen LogP contribution is 2.14. The minimum Gasteiger partial charge on any atom is -0.288 e. The Bertz CT molecular complexity index is 655. The Morgan fingerprint density at radius 2 is 1.94 bits per heavy atom. The molecule has 1 heterocycles. The normalized spacial score (nSPS) is 12.2. The molecule has 1 aromatic heterocycles. The van der Waals surface area contributed by atoms with Gasteiger partial charge in [0.2, 0.25) is 10.0 Å². The molecule has 6 heteroatoms. The third-order valence-electron chi connectivity index (χ3n) is 2.64. The Labute approximate surface area is 106 Å². The van der Waals surface area contributed by atoms with Gasteiger partial charge in [0.15, 0.2) is 0 Å². The lowest BCUT2D eigenvalue weighted by atomic mass is 10.2. The van der Waals surface area contributed by atoms with E-state index in [2.05, 4.69) is 4.98 Å². The monoisotopic (exact) mass is 266 g/mol. The zero-order valence-electron chi connectivity index (χ0n) is 10.2. The molecule has 0 saturated carbocycles. The molecule has 0 saturated heterocycles. The van der Waals surface area contributed by atoms with Gasteiger partial charge in [-0.3, -0.25) is 9.82 Å². The van der Waals surface area contributed by atoms with Crippen LogP contribution in [-0.4, -0.2) is 32.0 Å². The predicted octanol–water partition coefficient (Wildman–Crippen LogP) is 1.56. The van der Waals surface area contributed by atoms with Crippen LogP contribution in [0.4, 0.5) is 0 Å². The van der Waals surface area contributed by atoms with Crippen molar-refractivity contribution in [2.45, 2.75) is 5.75 Å². The van der Waals surface area contributed by atoms with Gasteiger partial charge in [-0.25, -0.2) is 8.42 Å². The second-order valence-corrected chi connectivity index (χ2v) is 5.81. The van der Waals surface area contributed by atoms with Crippen LogP contribution < -0.4 is 0 Å². The largest absolute Gasteiger partial charge is 0.288 e. The molecule has 0 N–H and O–H groups in total. The number of rotatable bonds is 4. The molecule has 0 unspecified atom stereocenters. The Kier molecular flexibility index (Phi) is 3.60. The summed E-state index contributed by atoms with van der Waals surface area (Å²) in [5.74, 6) is -0.178. The molecular weight excluding hydrogens is 252 g/mol. The molecule has 18 heavy (non-hydrogen) atoms. The Morgan fingerprint density at radius 1 is 1.22 bits per heavy atom. The van der Waals surface area contributed by atoms with Gasteiger partial charge >= 0.3 is 0 Å². The maximum atomic E-state index is 11.8. The molecule has 2 rings (SSSR count). The second kappa shape index (κ2) is 5.01. The van der Waals surface area contributed by atoms with Crippen molar-refractivity contribution < 1.29 is 13.3 Å². The average molecular weight is 266 g/mol. The topological polar surface area (TPSA) is 59.5 Å². The fourth-order valence-electron chi connectivity index (χ4n) is 1.58. The molecule has 0 radical (unpaired) electrons. The molecular formula is C12H14N2O3S. The summed E-state index contributed by atoms with van der Waals surface area (Å²) in [7, 11) is -0.815. The SMILES string of the molecule is CON(C)S(=O)(=O)Cc1ccc2ccccc2n1. The third kappa shape index (κ3) is 2.66. The standard InChI is InChI=1S/C12H14N2O3S/c1-14(17-2)18(15,16)9-11-8-7-10-5-3-4-6-12(10)13-11/h3-8H,9H2,1-2H3. The highest BCUT2D eigenvalue weighted by Gasteiger charge is 2.19. The first-order chi connectivity index (χ1) is 8.53. The van der Waals surface area contributed by atoms with E-state index >= 15 is 0 Å². The third-order valence-corrected chi connectivity index (χ3v) is 4.23. The molecule has 0 aliphatic heterocycles. The summed E-state index contributed by atoms with van der Waals surface area (Å²) in [6.07, 6.45) is 0. The van der Waals surface area contributed by atoms with E-state index in [9.17, 15) is 8.42 Å². The Balaban J connectivity index is 2.33. The van der Waals surface area contributed by atoms with Crippen LogP contribution in [0.15, 0.2) is 36.4 Å². The molecule has 0 aliphatic carbocycles. The van der Waals surface area contributed by atoms with Gasteiger partial charge in [0.05, 0.1) is 18.3 Å². The zero-order valence-corrected chi connectivity index (χ0v) is 11.0. The molecule has 5 nitrogen and oxygen atoms in total. The number of fused-ring (bicyclic) bond motifs is 1. The summed E-state index contributed by atoms with van der Waals surface area (Å²) < 4.78 is 24.5. The number of nitrogens with zero attached hydrogens (tertiary/aromatic N) is 2. The number of hydroxylamine groups is 1. The first-order valence-corrected chi connectivity index (χ1v) is 6.99. The maximum Gasteiger partial charge on any atom is 0.241 e. The van der Waals surface area contributed by atoms with Crippen LogP contribution in [0.5, 0.6) is 0 Å². The van der Waals surface area contributed by atoms with Gasteiger partial charge in [0.25, 0.3) is 0 Å². The van der Waals surface area contributed by atoms with E-state index in [-0.39, 0.29) is 5.75 Å². The van der Waals surface area contributed by atoms with Gasteiger partial charge in [0.1, 0.15) is 5.75 Å². The zero-order chi connectivity index (χ0) is 13.2. The first kappa shape index (κ1) is 12.9. The predicted molar refractivity (Wildman–Crippen MR) is 69.1 cm³/mol. The van der Waals surface area contributed by atoms with Crippen LogP contribution in [0.25, 0.3) is 10.9 Å². The fraction of sp³-hybridized carbons (Fsp3) is 0.250. The van der Waals surface area contributed by atoms with Crippen molar-refractivity contribution in [2.75, 3.05) is 14.2 Å². The van der Waals surface area contributed by atoms with E-state index in [0.29, 0.717) is 5.69 Å². The number of para-hydroxylation sites is 1. The molecule has 0 bridgehead atoms. The van der Waals surface area contributed by atoms with Gasteiger partial charge in [0, 0.05) is 12.4 Å². The molecule has 0 atom stereocenters. The van der Waals surface area contributed by atoms with Crippen molar-refractivity contribution in [1.82, 2.24) is 9.45 Å². The summed E-state index contributed by atoms with van der Waals surface area (Å²) >= 11 is 0. The van der Waals surface area contributed by atoms with E-state index in [1.54, 1.807) is 6.07 Å². The number of hydrogen-bond acceptors (Lipinski definition) is 4. The molecule has 0 aliphatic rings. The van der Waals surface area contributed by atoms with Crippen LogP contribution in [0.3, 0.4) is 0 Å². The van der Waals surface area contributed by atoms with Crippen LogP contribution in [0, 0.1) is 0 Å². The van der Waals surface area contributed by atoms with Crippen LogP contribution in [-0.2, 0) is 20.6 Å². The molecule has 96 valence electrons. The molecule has 0 spiro atoms. The lowest BCUT2D eigenvalue weighted by Gasteiger charge is -2.13. The molecule has 1 aromatic carbocycles. The second-order valence-electron chi connectivity index (χ2n) is 3.84. The van der Waals surface area contributed by atoms with Crippen LogP contribution in [0.2, 0.25) is 0 Å². The van der Waals surface area contributed by atoms with Gasteiger partial charge in [-0.15, -0.1) is 0 Å². The van der Waals surface area contributed by atoms with Gasteiger partial charge in [-0.1, -0.05) is 28.7 Å².